The molecule has 0 fully saturated rings. The molecule has 6 nitrogen and oxygen atoms in total. The zero-order chi connectivity index (χ0) is 22.1. The average Bonchev–Trinajstić information content (AvgIpc) is 2.76. The summed E-state index contributed by atoms with van der Waals surface area (Å²) in [4.78, 5) is 15.3. The zero-order valence-electron chi connectivity index (χ0n) is 16.3. The summed E-state index contributed by atoms with van der Waals surface area (Å²) in [6.45, 7) is 0.258. The Morgan fingerprint density at radius 1 is 0.839 bits per heavy atom. The van der Waals surface area contributed by atoms with E-state index in [0.29, 0.717) is 30.3 Å². The molecule has 0 atom stereocenters. The number of nitrogens with zero attached hydrogens (tertiary/aromatic N) is 1. The Bertz CT molecular complexity index is 969. The van der Waals surface area contributed by atoms with Gasteiger partial charge in [0.15, 0.2) is 0 Å². The number of aliphatic carboxylic acids is 1. The highest BCUT2D eigenvalue weighted by Crippen LogP contribution is 2.25. The van der Waals surface area contributed by atoms with Gasteiger partial charge in [0.2, 0.25) is 6.61 Å². The van der Waals surface area contributed by atoms with Gasteiger partial charge in [0.05, 0.1) is 6.21 Å². The van der Waals surface area contributed by atoms with Gasteiger partial charge in [-0.25, -0.2) is 4.79 Å². The van der Waals surface area contributed by atoms with Crippen molar-refractivity contribution in [2.24, 2.45) is 5.16 Å². The van der Waals surface area contributed by atoms with Gasteiger partial charge in [0.1, 0.15) is 24.7 Å². The van der Waals surface area contributed by atoms with Crippen molar-refractivity contribution in [3.8, 4) is 11.5 Å². The quantitative estimate of drug-likeness (QED) is 0.256. The van der Waals surface area contributed by atoms with E-state index in [-0.39, 0.29) is 0 Å². The summed E-state index contributed by atoms with van der Waals surface area (Å²) in [5, 5.41) is 12.3. The predicted octanol–water partition coefficient (Wildman–Crippen LogP) is 5.80. The van der Waals surface area contributed by atoms with Crippen LogP contribution in [0.25, 0.3) is 0 Å². The number of benzene rings is 3. The Hall–Kier alpha value is -2.84. The van der Waals surface area contributed by atoms with Gasteiger partial charge in [0, 0.05) is 20.6 Å². The highest BCUT2D eigenvalue weighted by atomic mass is 79.9. The van der Waals surface area contributed by atoms with Crippen molar-refractivity contribution in [1.29, 1.82) is 0 Å². The minimum Gasteiger partial charge on any atom is -0.489 e. The van der Waals surface area contributed by atoms with Crippen molar-refractivity contribution >= 4 is 44.0 Å². The van der Waals surface area contributed by atoms with Crippen LogP contribution in [0, 0.1) is 0 Å². The van der Waals surface area contributed by atoms with Crippen molar-refractivity contribution < 1.29 is 24.2 Å². The maximum absolute atomic E-state index is 10.6. The summed E-state index contributed by atoms with van der Waals surface area (Å²) in [5.74, 6) is 0.0917. The topological polar surface area (TPSA) is 77.4 Å². The van der Waals surface area contributed by atoms with E-state index in [0.717, 1.165) is 20.1 Å². The van der Waals surface area contributed by atoms with Gasteiger partial charge in [0.25, 0.3) is 0 Å². The third kappa shape index (κ3) is 8.07. The van der Waals surface area contributed by atoms with Crippen LogP contribution in [0.2, 0.25) is 0 Å². The van der Waals surface area contributed by atoms with Crippen molar-refractivity contribution in [2.45, 2.75) is 13.2 Å². The SMILES string of the molecule is O=C(O)CO/N=C/c1cc(OCc2ccc(Br)cc2)cc(OCc2ccc(Br)cc2)c1. The summed E-state index contributed by atoms with van der Waals surface area (Å²) in [6, 6.07) is 21.1. The second-order valence-electron chi connectivity index (χ2n) is 6.47. The number of ether oxygens (including phenoxy) is 2. The van der Waals surface area contributed by atoms with E-state index in [4.69, 9.17) is 19.4 Å². The second-order valence-corrected chi connectivity index (χ2v) is 8.30. The largest absolute Gasteiger partial charge is 0.489 e. The number of carbonyl (C=O) groups is 1. The average molecular weight is 549 g/mol. The number of carboxylic acid groups (broad SMARTS) is 1. The van der Waals surface area contributed by atoms with Crippen LogP contribution in [0.4, 0.5) is 0 Å². The highest BCUT2D eigenvalue weighted by molar-refractivity contribution is 9.10. The first kappa shape index (κ1) is 22.8. The molecule has 0 unspecified atom stereocenters. The van der Waals surface area contributed by atoms with E-state index in [2.05, 4.69) is 37.0 Å². The predicted molar refractivity (Wildman–Crippen MR) is 125 cm³/mol. The van der Waals surface area contributed by atoms with E-state index in [1.807, 2.05) is 48.5 Å². The molecule has 0 aliphatic carbocycles. The standard InChI is InChI=1S/C23H19Br2NO5/c24-19-5-1-16(2-6-19)13-29-21-9-18(12-26-31-15-23(27)28)10-22(11-21)30-14-17-3-7-20(25)8-4-17/h1-12H,13-15H2,(H,27,28)/b26-12+. The molecule has 0 aliphatic heterocycles. The molecule has 0 heterocycles. The Kier molecular flexibility index (Phi) is 8.49. The minimum atomic E-state index is -1.10. The lowest BCUT2D eigenvalue weighted by Crippen LogP contribution is -2.03. The van der Waals surface area contributed by atoms with Crippen molar-refractivity contribution in [2.75, 3.05) is 6.61 Å². The third-order valence-electron chi connectivity index (χ3n) is 4.00. The maximum Gasteiger partial charge on any atom is 0.344 e. The van der Waals surface area contributed by atoms with Gasteiger partial charge in [-0.15, -0.1) is 0 Å². The summed E-state index contributed by atoms with van der Waals surface area (Å²) in [5.41, 5.74) is 2.69. The second kappa shape index (κ2) is 11.5. The fraction of sp³-hybridized carbons (Fsp3) is 0.130. The fourth-order valence-electron chi connectivity index (χ4n) is 2.52. The molecule has 0 saturated carbocycles. The maximum atomic E-state index is 10.6. The normalized spacial score (nSPS) is 10.8. The Balaban J connectivity index is 1.72. The van der Waals surface area contributed by atoms with Gasteiger partial charge in [-0.2, -0.15) is 0 Å². The molecule has 160 valence electrons. The molecule has 0 radical (unpaired) electrons. The van der Waals surface area contributed by atoms with E-state index >= 15 is 0 Å². The van der Waals surface area contributed by atoms with Crippen LogP contribution >= 0.6 is 31.9 Å². The summed E-state index contributed by atoms with van der Waals surface area (Å²) < 4.78 is 13.9. The molecule has 0 amide bonds. The summed E-state index contributed by atoms with van der Waals surface area (Å²) in [7, 11) is 0. The van der Waals surface area contributed by atoms with Gasteiger partial charge in [-0.3, -0.25) is 0 Å². The molecule has 0 aliphatic rings. The molecule has 0 aromatic heterocycles. The molecular formula is C23H19Br2NO5. The molecule has 0 saturated heterocycles. The molecule has 3 aromatic carbocycles. The van der Waals surface area contributed by atoms with Gasteiger partial charge < -0.3 is 19.4 Å². The molecule has 0 spiro atoms. The molecule has 0 bridgehead atoms. The van der Waals surface area contributed by atoms with Crippen molar-refractivity contribution in [3.05, 3.63) is 92.4 Å². The molecule has 3 rings (SSSR count). The van der Waals surface area contributed by atoms with Crippen LogP contribution in [0.15, 0.2) is 80.8 Å². The fourth-order valence-corrected chi connectivity index (χ4v) is 3.05. The highest BCUT2D eigenvalue weighted by Gasteiger charge is 2.05. The van der Waals surface area contributed by atoms with Crippen LogP contribution < -0.4 is 9.47 Å². The third-order valence-corrected chi connectivity index (χ3v) is 5.06. The van der Waals surface area contributed by atoms with E-state index in [9.17, 15) is 4.79 Å². The number of hydrogen-bond donors (Lipinski definition) is 1. The van der Waals surface area contributed by atoms with Crippen LogP contribution in [0.3, 0.4) is 0 Å². The number of halogens is 2. The summed E-state index contributed by atoms with van der Waals surface area (Å²) >= 11 is 6.83. The summed E-state index contributed by atoms with van der Waals surface area (Å²) in [6.07, 6.45) is 1.42. The van der Waals surface area contributed by atoms with Gasteiger partial charge in [-0.05, 0) is 47.5 Å². The van der Waals surface area contributed by atoms with Crippen LogP contribution in [0.1, 0.15) is 16.7 Å². The zero-order valence-corrected chi connectivity index (χ0v) is 19.5. The molecular weight excluding hydrogens is 530 g/mol. The first-order valence-electron chi connectivity index (χ1n) is 9.24. The van der Waals surface area contributed by atoms with Gasteiger partial charge in [-0.1, -0.05) is 61.3 Å². The minimum absolute atomic E-state index is 0.384. The van der Waals surface area contributed by atoms with Crippen molar-refractivity contribution in [3.63, 3.8) is 0 Å². The van der Waals surface area contributed by atoms with Crippen LogP contribution in [0.5, 0.6) is 11.5 Å². The molecule has 8 heteroatoms. The first-order chi connectivity index (χ1) is 15.0. The molecule has 31 heavy (non-hydrogen) atoms. The Morgan fingerprint density at radius 3 is 1.77 bits per heavy atom. The Morgan fingerprint density at radius 2 is 1.32 bits per heavy atom. The lowest BCUT2D eigenvalue weighted by Gasteiger charge is -2.12. The van der Waals surface area contributed by atoms with Crippen LogP contribution in [-0.2, 0) is 22.8 Å². The molecule has 3 aromatic rings. The van der Waals surface area contributed by atoms with E-state index < -0.39 is 12.6 Å². The van der Waals surface area contributed by atoms with Gasteiger partial charge >= 0.3 is 5.97 Å². The monoisotopic (exact) mass is 547 g/mol. The number of hydrogen-bond acceptors (Lipinski definition) is 5. The number of carboxylic acids is 1. The number of oxime groups is 1. The smallest absolute Gasteiger partial charge is 0.344 e. The Labute approximate surface area is 196 Å². The lowest BCUT2D eigenvalue weighted by atomic mass is 10.2. The van der Waals surface area contributed by atoms with Crippen molar-refractivity contribution in [1.82, 2.24) is 0 Å². The van der Waals surface area contributed by atoms with E-state index in [1.165, 1.54) is 6.21 Å². The van der Waals surface area contributed by atoms with E-state index in [1.54, 1.807) is 18.2 Å². The first-order valence-corrected chi connectivity index (χ1v) is 10.8. The number of rotatable bonds is 10. The molecule has 1 N–H and O–H groups in total. The lowest BCUT2D eigenvalue weighted by molar-refractivity contribution is -0.142. The van der Waals surface area contributed by atoms with Crippen LogP contribution in [-0.4, -0.2) is 23.9 Å².